The summed E-state index contributed by atoms with van der Waals surface area (Å²) in [6.45, 7) is 14.4. The maximum atomic E-state index is 13.7. The maximum Gasteiger partial charge on any atom is 0.270 e. The first-order chi connectivity index (χ1) is 12.6. The Labute approximate surface area is 163 Å². The molecule has 0 spiro atoms. The summed E-state index contributed by atoms with van der Waals surface area (Å²) in [6.07, 6.45) is 2.19. The van der Waals surface area contributed by atoms with Crippen molar-refractivity contribution in [1.29, 1.82) is 0 Å². The van der Waals surface area contributed by atoms with Crippen molar-refractivity contribution >= 4 is 16.8 Å². The third-order valence-corrected chi connectivity index (χ3v) is 6.61. The first-order valence-corrected chi connectivity index (χ1v) is 10.1. The monoisotopic (exact) mass is 370 g/mol. The lowest BCUT2D eigenvalue weighted by atomic mass is 9.65. The van der Waals surface area contributed by atoms with Crippen LogP contribution in [0.4, 0.5) is 0 Å². The van der Waals surface area contributed by atoms with Gasteiger partial charge in [-0.15, -0.1) is 0 Å². The number of aromatic amines is 1. The van der Waals surface area contributed by atoms with E-state index in [4.69, 9.17) is 4.74 Å². The van der Waals surface area contributed by atoms with E-state index in [0.717, 1.165) is 36.0 Å². The minimum absolute atomic E-state index is 0.100. The number of hydrogen-bond donors (Lipinski definition) is 1. The van der Waals surface area contributed by atoms with Gasteiger partial charge in [0.05, 0.1) is 7.11 Å². The van der Waals surface area contributed by atoms with Crippen LogP contribution in [0.2, 0.25) is 0 Å². The molecular weight excluding hydrogens is 336 g/mol. The lowest BCUT2D eigenvalue weighted by molar-refractivity contribution is -0.0492. The van der Waals surface area contributed by atoms with Gasteiger partial charge < -0.3 is 14.6 Å². The van der Waals surface area contributed by atoms with Crippen molar-refractivity contribution in [1.82, 2.24) is 9.88 Å². The third-order valence-electron chi connectivity index (χ3n) is 6.61. The highest BCUT2D eigenvalue weighted by molar-refractivity contribution is 6.00. The number of nitrogens with zero attached hydrogens (tertiary/aromatic N) is 1. The molecule has 1 aromatic carbocycles. The Bertz CT molecular complexity index is 824. The second-order valence-electron chi connectivity index (χ2n) is 9.46. The summed E-state index contributed by atoms with van der Waals surface area (Å²) in [5, 5.41) is 0.958. The molecule has 0 unspecified atom stereocenters. The van der Waals surface area contributed by atoms with Crippen LogP contribution in [0.25, 0.3) is 10.9 Å². The zero-order valence-electron chi connectivity index (χ0n) is 17.8. The molecule has 1 saturated heterocycles. The van der Waals surface area contributed by atoms with Gasteiger partial charge in [0.15, 0.2) is 0 Å². The Morgan fingerprint density at radius 3 is 2.41 bits per heavy atom. The van der Waals surface area contributed by atoms with Gasteiger partial charge in [0.25, 0.3) is 5.91 Å². The van der Waals surface area contributed by atoms with Gasteiger partial charge in [-0.2, -0.15) is 0 Å². The van der Waals surface area contributed by atoms with E-state index >= 15 is 0 Å². The summed E-state index contributed by atoms with van der Waals surface area (Å²) >= 11 is 0. The van der Waals surface area contributed by atoms with Crippen LogP contribution in [0.15, 0.2) is 24.3 Å². The van der Waals surface area contributed by atoms with E-state index in [0.29, 0.717) is 17.5 Å². The van der Waals surface area contributed by atoms with Crippen LogP contribution < -0.4 is 4.74 Å². The van der Waals surface area contributed by atoms with Crippen molar-refractivity contribution in [3.05, 3.63) is 30.0 Å². The van der Waals surface area contributed by atoms with Crippen LogP contribution in [0.3, 0.4) is 0 Å². The SMILES string of the molecule is COc1cccc2[nH]c(C(=O)N3CC(C)(C)CCC3(C(C)C)C(C)C)cc12. The Morgan fingerprint density at radius 1 is 1.15 bits per heavy atom. The van der Waals surface area contributed by atoms with E-state index in [1.54, 1.807) is 7.11 Å². The number of piperidine rings is 1. The normalized spacial score (nSPS) is 19.1. The van der Waals surface area contributed by atoms with Crippen molar-refractivity contribution in [2.24, 2.45) is 17.3 Å². The summed E-state index contributed by atoms with van der Waals surface area (Å²) in [5.41, 5.74) is 1.60. The topological polar surface area (TPSA) is 45.3 Å². The number of aromatic nitrogens is 1. The van der Waals surface area contributed by atoms with Crippen molar-refractivity contribution in [2.75, 3.05) is 13.7 Å². The zero-order chi connectivity index (χ0) is 20.0. The molecule has 0 bridgehead atoms. The predicted octanol–water partition coefficient (Wildman–Crippen LogP) is 5.49. The largest absolute Gasteiger partial charge is 0.496 e. The summed E-state index contributed by atoms with van der Waals surface area (Å²) < 4.78 is 5.47. The lowest BCUT2D eigenvalue weighted by Crippen LogP contribution is -2.63. The van der Waals surface area contributed by atoms with Gasteiger partial charge in [-0.25, -0.2) is 0 Å². The molecule has 0 aliphatic carbocycles. The molecule has 27 heavy (non-hydrogen) atoms. The number of benzene rings is 1. The van der Waals surface area contributed by atoms with Crippen LogP contribution >= 0.6 is 0 Å². The van der Waals surface area contributed by atoms with E-state index in [2.05, 4.69) is 51.4 Å². The second-order valence-corrected chi connectivity index (χ2v) is 9.46. The molecule has 1 aliphatic heterocycles. The number of rotatable bonds is 4. The second kappa shape index (κ2) is 6.88. The molecule has 148 valence electrons. The molecule has 4 heteroatoms. The summed E-state index contributed by atoms with van der Waals surface area (Å²) in [5.74, 6) is 1.69. The molecule has 1 fully saturated rings. The number of likely N-dealkylation sites (tertiary alicyclic amines) is 1. The molecule has 1 N–H and O–H groups in total. The Hall–Kier alpha value is -1.97. The molecule has 0 saturated carbocycles. The molecule has 0 atom stereocenters. The number of carbonyl (C=O) groups is 1. The van der Waals surface area contributed by atoms with Gasteiger partial charge in [0.2, 0.25) is 0 Å². The Morgan fingerprint density at radius 2 is 1.81 bits per heavy atom. The van der Waals surface area contributed by atoms with Crippen molar-refractivity contribution < 1.29 is 9.53 Å². The van der Waals surface area contributed by atoms with Crippen LogP contribution in [-0.2, 0) is 0 Å². The van der Waals surface area contributed by atoms with Gasteiger partial charge in [-0.3, -0.25) is 4.79 Å². The molecule has 1 aliphatic rings. The lowest BCUT2D eigenvalue weighted by Gasteiger charge is -2.56. The fourth-order valence-electron chi connectivity index (χ4n) is 5.02. The minimum atomic E-state index is -0.117. The molecule has 2 aromatic rings. The van der Waals surface area contributed by atoms with Gasteiger partial charge in [0.1, 0.15) is 11.4 Å². The van der Waals surface area contributed by atoms with Crippen molar-refractivity contribution in [2.45, 2.75) is 59.9 Å². The summed E-state index contributed by atoms with van der Waals surface area (Å²) in [7, 11) is 1.67. The van der Waals surface area contributed by atoms with Crippen molar-refractivity contribution in [3.8, 4) is 5.75 Å². The number of H-pyrrole nitrogens is 1. The zero-order valence-corrected chi connectivity index (χ0v) is 17.8. The van der Waals surface area contributed by atoms with E-state index < -0.39 is 0 Å². The van der Waals surface area contributed by atoms with E-state index in [9.17, 15) is 4.79 Å². The molecule has 3 rings (SSSR count). The third kappa shape index (κ3) is 3.24. The van der Waals surface area contributed by atoms with E-state index in [1.807, 2.05) is 24.3 Å². The number of fused-ring (bicyclic) bond motifs is 1. The summed E-state index contributed by atoms with van der Waals surface area (Å²) in [6, 6.07) is 7.82. The molecule has 2 heterocycles. The molecule has 1 amide bonds. The first-order valence-electron chi connectivity index (χ1n) is 10.1. The van der Waals surface area contributed by atoms with Crippen LogP contribution in [-0.4, -0.2) is 35.0 Å². The van der Waals surface area contributed by atoms with Crippen LogP contribution in [0.1, 0.15) is 64.9 Å². The first kappa shape index (κ1) is 19.8. The highest BCUT2D eigenvalue weighted by Gasteiger charge is 2.50. The molecule has 4 nitrogen and oxygen atoms in total. The number of nitrogens with one attached hydrogen (secondary N) is 1. The fraction of sp³-hybridized carbons (Fsp3) is 0.609. The maximum absolute atomic E-state index is 13.7. The average molecular weight is 371 g/mol. The van der Waals surface area contributed by atoms with Crippen LogP contribution in [0.5, 0.6) is 5.75 Å². The van der Waals surface area contributed by atoms with E-state index in [-0.39, 0.29) is 16.9 Å². The van der Waals surface area contributed by atoms with Gasteiger partial charge >= 0.3 is 0 Å². The summed E-state index contributed by atoms with van der Waals surface area (Å²) in [4.78, 5) is 19.2. The minimum Gasteiger partial charge on any atom is -0.496 e. The molecule has 0 radical (unpaired) electrons. The highest BCUT2D eigenvalue weighted by atomic mass is 16.5. The standard InChI is InChI=1S/C23H34N2O2/c1-15(2)23(16(3)4)12-11-22(5,6)14-25(23)21(26)19-13-17-18(24-19)9-8-10-20(17)27-7/h8-10,13,15-16,24H,11-12,14H2,1-7H3. The van der Waals surface area contributed by atoms with Gasteiger partial charge in [-0.1, -0.05) is 47.6 Å². The molecule has 1 aromatic heterocycles. The average Bonchev–Trinajstić information content (AvgIpc) is 3.04. The Kier molecular flexibility index (Phi) is 5.04. The van der Waals surface area contributed by atoms with Crippen molar-refractivity contribution in [3.63, 3.8) is 0 Å². The number of amides is 1. The molecular formula is C23H34N2O2. The number of methoxy groups -OCH3 is 1. The van der Waals surface area contributed by atoms with Crippen LogP contribution in [0, 0.1) is 17.3 Å². The number of ether oxygens (including phenoxy) is 1. The van der Waals surface area contributed by atoms with Gasteiger partial charge in [0, 0.05) is 23.0 Å². The smallest absolute Gasteiger partial charge is 0.270 e. The van der Waals surface area contributed by atoms with E-state index in [1.165, 1.54) is 0 Å². The highest BCUT2D eigenvalue weighted by Crippen LogP contribution is 2.46. The van der Waals surface area contributed by atoms with Gasteiger partial charge in [-0.05, 0) is 48.3 Å². The quantitative estimate of drug-likeness (QED) is 0.773. The predicted molar refractivity (Wildman–Crippen MR) is 111 cm³/mol. The Balaban J connectivity index is 2.08. The fourth-order valence-corrected chi connectivity index (χ4v) is 5.02. The number of carbonyl (C=O) groups excluding carboxylic acids is 1. The number of hydrogen-bond acceptors (Lipinski definition) is 2.